The molecule has 0 aromatic rings. The second kappa shape index (κ2) is 4.12. The molecule has 0 amide bonds. The number of alkyl halides is 3. The molecule has 0 radical (unpaired) electrons. The molecule has 1 nitrogen and oxygen atoms in total. The SMILES string of the molecule is FC(F)(F)CC1CCCCCN1. The van der Waals surface area contributed by atoms with E-state index in [1.807, 2.05) is 0 Å². The molecule has 0 aromatic heterocycles. The average molecular weight is 181 g/mol. The van der Waals surface area contributed by atoms with E-state index < -0.39 is 12.6 Å². The van der Waals surface area contributed by atoms with Gasteiger partial charge < -0.3 is 5.32 Å². The van der Waals surface area contributed by atoms with Gasteiger partial charge in [-0.2, -0.15) is 13.2 Å². The van der Waals surface area contributed by atoms with Gasteiger partial charge in [0.1, 0.15) is 0 Å². The molecule has 1 atom stereocenters. The number of rotatable bonds is 1. The first-order chi connectivity index (χ1) is 5.58. The molecule has 0 bridgehead atoms. The van der Waals surface area contributed by atoms with Gasteiger partial charge in [0.25, 0.3) is 0 Å². The Bertz CT molecular complexity index is 125. The van der Waals surface area contributed by atoms with Gasteiger partial charge in [-0.25, -0.2) is 0 Å². The fraction of sp³-hybridized carbons (Fsp3) is 1.00. The maximum atomic E-state index is 11.9. The van der Waals surface area contributed by atoms with Crippen LogP contribution >= 0.6 is 0 Å². The Morgan fingerprint density at radius 2 is 1.92 bits per heavy atom. The van der Waals surface area contributed by atoms with E-state index in [-0.39, 0.29) is 6.04 Å². The van der Waals surface area contributed by atoms with Crippen molar-refractivity contribution in [2.45, 2.75) is 44.3 Å². The molecule has 4 heteroatoms. The fourth-order valence-electron chi connectivity index (χ4n) is 1.55. The second-order valence-corrected chi connectivity index (χ2v) is 3.32. The third-order valence-electron chi connectivity index (χ3n) is 2.14. The van der Waals surface area contributed by atoms with Crippen LogP contribution in [0.2, 0.25) is 0 Å². The van der Waals surface area contributed by atoms with Crippen LogP contribution in [0.25, 0.3) is 0 Å². The van der Waals surface area contributed by atoms with Gasteiger partial charge in [-0.15, -0.1) is 0 Å². The van der Waals surface area contributed by atoms with Crippen LogP contribution in [0, 0.1) is 0 Å². The Balaban J connectivity index is 2.30. The van der Waals surface area contributed by atoms with Crippen molar-refractivity contribution in [1.29, 1.82) is 0 Å². The smallest absolute Gasteiger partial charge is 0.314 e. The molecule has 0 aliphatic carbocycles. The molecule has 1 aliphatic rings. The maximum Gasteiger partial charge on any atom is 0.390 e. The van der Waals surface area contributed by atoms with Crippen molar-refractivity contribution in [3.63, 3.8) is 0 Å². The lowest BCUT2D eigenvalue weighted by Gasteiger charge is -2.17. The van der Waals surface area contributed by atoms with Gasteiger partial charge in [-0.1, -0.05) is 12.8 Å². The van der Waals surface area contributed by atoms with Crippen molar-refractivity contribution in [3.05, 3.63) is 0 Å². The summed E-state index contributed by atoms with van der Waals surface area (Å²) in [5, 5.41) is 2.92. The average Bonchev–Trinajstić information content (AvgIpc) is 2.12. The summed E-state index contributed by atoms with van der Waals surface area (Å²) in [5.41, 5.74) is 0. The van der Waals surface area contributed by atoms with E-state index in [4.69, 9.17) is 0 Å². The van der Waals surface area contributed by atoms with E-state index in [0.717, 1.165) is 25.8 Å². The maximum absolute atomic E-state index is 11.9. The summed E-state index contributed by atoms with van der Waals surface area (Å²) in [6, 6.07) is -0.340. The number of halogens is 3. The fourth-order valence-corrected chi connectivity index (χ4v) is 1.55. The molecule has 1 fully saturated rings. The lowest BCUT2D eigenvalue weighted by Crippen LogP contribution is -2.32. The zero-order valence-corrected chi connectivity index (χ0v) is 6.95. The molecule has 1 unspecified atom stereocenters. The van der Waals surface area contributed by atoms with Crippen LogP contribution in [0.5, 0.6) is 0 Å². The van der Waals surface area contributed by atoms with Crippen molar-refractivity contribution in [3.8, 4) is 0 Å². The van der Waals surface area contributed by atoms with Crippen molar-refractivity contribution in [1.82, 2.24) is 5.32 Å². The quantitative estimate of drug-likeness (QED) is 0.655. The van der Waals surface area contributed by atoms with Gasteiger partial charge in [0.2, 0.25) is 0 Å². The van der Waals surface area contributed by atoms with Gasteiger partial charge in [0.15, 0.2) is 0 Å². The van der Waals surface area contributed by atoms with Crippen LogP contribution in [-0.2, 0) is 0 Å². The summed E-state index contributed by atoms with van der Waals surface area (Å²) < 4.78 is 35.8. The summed E-state index contributed by atoms with van der Waals surface area (Å²) in [6.07, 6.45) is -1.03. The summed E-state index contributed by atoms with van der Waals surface area (Å²) in [4.78, 5) is 0. The second-order valence-electron chi connectivity index (χ2n) is 3.32. The zero-order chi connectivity index (χ0) is 9.03. The van der Waals surface area contributed by atoms with E-state index in [9.17, 15) is 13.2 Å². The standard InChI is InChI=1S/C8H14F3N/c9-8(10,11)6-7-4-2-1-3-5-12-7/h7,12H,1-6H2. The lowest BCUT2D eigenvalue weighted by molar-refractivity contribution is -0.140. The highest BCUT2D eigenvalue weighted by molar-refractivity contribution is 4.73. The van der Waals surface area contributed by atoms with E-state index in [0.29, 0.717) is 6.42 Å². The van der Waals surface area contributed by atoms with Gasteiger partial charge >= 0.3 is 6.18 Å². The van der Waals surface area contributed by atoms with Gasteiger partial charge in [-0.3, -0.25) is 0 Å². The highest BCUT2D eigenvalue weighted by Crippen LogP contribution is 2.24. The predicted molar refractivity (Wildman–Crippen MR) is 40.9 cm³/mol. The summed E-state index contributed by atoms with van der Waals surface area (Å²) >= 11 is 0. The van der Waals surface area contributed by atoms with Crippen molar-refractivity contribution < 1.29 is 13.2 Å². The van der Waals surface area contributed by atoms with Crippen molar-refractivity contribution >= 4 is 0 Å². The number of nitrogens with one attached hydrogen (secondary N) is 1. The van der Waals surface area contributed by atoms with Crippen LogP contribution in [0.4, 0.5) is 13.2 Å². The Morgan fingerprint density at radius 1 is 1.17 bits per heavy atom. The lowest BCUT2D eigenvalue weighted by atomic mass is 10.1. The first-order valence-electron chi connectivity index (χ1n) is 4.38. The molecule has 1 N–H and O–H groups in total. The van der Waals surface area contributed by atoms with Crippen LogP contribution in [0.1, 0.15) is 32.1 Å². The minimum Gasteiger partial charge on any atom is -0.314 e. The molecule has 1 saturated heterocycles. The number of hydrogen-bond acceptors (Lipinski definition) is 1. The van der Waals surface area contributed by atoms with Gasteiger partial charge in [0, 0.05) is 6.04 Å². The predicted octanol–water partition coefficient (Wildman–Crippen LogP) is 2.47. The summed E-state index contributed by atoms with van der Waals surface area (Å²) in [7, 11) is 0. The monoisotopic (exact) mass is 181 g/mol. The Hall–Kier alpha value is -0.250. The van der Waals surface area contributed by atoms with E-state index >= 15 is 0 Å². The normalized spacial score (nSPS) is 26.8. The van der Waals surface area contributed by atoms with Crippen molar-refractivity contribution in [2.75, 3.05) is 6.54 Å². The first kappa shape index (κ1) is 9.84. The topological polar surface area (TPSA) is 12.0 Å². The van der Waals surface area contributed by atoms with Gasteiger partial charge in [-0.05, 0) is 19.4 Å². The minimum atomic E-state index is -4.01. The molecule has 72 valence electrons. The third-order valence-corrected chi connectivity index (χ3v) is 2.14. The van der Waals surface area contributed by atoms with E-state index in [1.165, 1.54) is 0 Å². The molecular weight excluding hydrogens is 167 g/mol. The molecule has 0 saturated carbocycles. The summed E-state index contributed by atoms with van der Waals surface area (Å²) in [5.74, 6) is 0. The van der Waals surface area contributed by atoms with Crippen LogP contribution in [0.15, 0.2) is 0 Å². The molecule has 12 heavy (non-hydrogen) atoms. The number of hydrogen-bond donors (Lipinski definition) is 1. The van der Waals surface area contributed by atoms with E-state index in [2.05, 4.69) is 5.32 Å². The zero-order valence-electron chi connectivity index (χ0n) is 6.95. The van der Waals surface area contributed by atoms with E-state index in [1.54, 1.807) is 0 Å². The summed E-state index contributed by atoms with van der Waals surface area (Å²) in [6.45, 7) is 0.737. The van der Waals surface area contributed by atoms with Crippen molar-refractivity contribution in [2.24, 2.45) is 0 Å². The molecule has 0 spiro atoms. The minimum absolute atomic E-state index is 0.340. The third kappa shape index (κ3) is 3.95. The molecule has 1 aliphatic heterocycles. The van der Waals surface area contributed by atoms with Crippen LogP contribution in [0.3, 0.4) is 0 Å². The highest BCUT2D eigenvalue weighted by Gasteiger charge is 2.31. The molecule has 0 aromatic carbocycles. The molecular formula is C8H14F3N. The largest absolute Gasteiger partial charge is 0.390 e. The Morgan fingerprint density at radius 3 is 2.58 bits per heavy atom. The Labute approximate surface area is 70.3 Å². The molecule has 1 rings (SSSR count). The van der Waals surface area contributed by atoms with Crippen LogP contribution in [-0.4, -0.2) is 18.8 Å². The molecule has 1 heterocycles. The van der Waals surface area contributed by atoms with Gasteiger partial charge in [0.05, 0.1) is 6.42 Å². The first-order valence-corrected chi connectivity index (χ1v) is 4.38. The Kier molecular flexibility index (Phi) is 3.38. The van der Waals surface area contributed by atoms with Crippen LogP contribution < -0.4 is 5.32 Å². The highest BCUT2D eigenvalue weighted by atomic mass is 19.4.